The third-order valence-electron chi connectivity index (χ3n) is 3.19. The molecular weight excluding hydrogens is 286 g/mol. The van der Waals surface area contributed by atoms with Crippen LogP contribution in [0.2, 0.25) is 0 Å². The fraction of sp³-hybridized carbons (Fsp3) is 0.545. The van der Waals surface area contributed by atoms with Crippen molar-refractivity contribution in [2.24, 2.45) is 0 Å². The third-order valence-corrected chi connectivity index (χ3v) is 3.19. The van der Waals surface area contributed by atoms with Crippen molar-refractivity contribution in [3.63, 3.8) is 0 Å². The summed E-state index contributed by atoms with van der Waals surface area (Å²) >= 11 is 0. The number of aliphatic hydroxyl groups is 3. The maximum atomic E-state index is 11.8. The van der Waals surface area contributed by atoms with Crippen molar-refractivity contribution in [1.29, 1.82) is 0 Å². The van der Waals surface area contributed by atoms with E-state index in [1.807, 2.05) is 0 Å². The smallest absolute Gasteiger partial charge is 0.351 e. The number of aliphatic hydroxyl groups excluding tert-OH is 3. The highest BCUT2D eigenvalue weighted by Crippen LogP contribution is 2.28. The van der Waals surface area contributed by atoms with Gasteiger partial charge < -0.3 is 30.9 Å². The zero-order valence-corrected chi connectivity index (χ0v) is 10.8. The van der Waals surface area contributed by atoms with E-state index >= 15 is 0 Å². The number of anilines is 1. The molecule has 116 valence electrons. The number of nitrogen functional groups attached to an aromatic ring is 1. The molecule has 1 saturated heterocycles. The number of carbonyl (C=O) groups is 1. The topological polar surface area (TPSA) is 168 Å². The highest BCUT2D eigenvalue weighted by Gasteiger charge is 2.43. The lowest BCUT2D eigenvalue weighted by Gasteiger charge is -2.18. The van der Waals surface area contributed by atoms with E-state index in [0.717, 1.165) is 10.8 Å². The SMILES string of the molecule is Nc1nc(=O)n([C@@H]2O[C@H](CO)[C@@H](O)[C@H]2O)cc1CC(=O)O. The normalized spacial score (nSPS) is 28.7. The molecule has 1 fully saturated rings. The first-order valence-electron chi connectivity index (χ1n) is 6.07. The van der Waals surface area contributed by atoms with Gasteiger partial charge in [0.15, 0.2) is 6.23 Å². The van der Waals surface area contributed by atoms with Crippen LogP contribution in [0.4, 0.5) is 5.82 Å². The molecule has 1 aromatic heterocycles. The average molecular weight is 301 g/mol. The number of hydrogen-bond donors (Lipinski definition) is 5. The molecule has 21 heavy (non-hydrogen) atoms. The molecule has 0 spiro atoms. The fourth-order valence-corrected chi connectivity index (χ4v) is 2.11. The molecule has 0 radical (unpaired) electrons. The number of carboxylic acids is 1. The summed E-state index contributed by atoms with van der Waals surface area (Å²) in [5.74, 6) is -1.40. The Morgan fingerprint density at radius 2 is 2.10 bits per heavy atom. The van der Waals surface area contributed by atoms with Crippen LogP contribution in [0.15, 0.2) is 11.0 Å². The van der Waals surface area contributed by atoms with Crippen LogP contribution < -0.4 is 11.4 Å². The number of rotatable bonds is 4. The first-order valence-corrected chi connectivity index (χ1v) is 6.07. The molecule has 0 bridgehead atoms. The lowest BCUT2D eigenvalue weighted by molar-refractivity contribution is -0.136. The Labute approximate surface area is 118 Å². The third kappa shape index (κ3) is 2.88. The van der Waals surface area contributed by atoms with E-state index in [0.29, 0.717) is 0 Å². The maximum Gasteiger partial charge on any atom is 0.351 e. The largest absolute Gasteiger partial charge is 0.481 e. The van der Waals surface area contributed by atoms with E-state index in [2.05, 4.69) is 4.98 Å². The summed E-state index contributed by atoms with van der Waals surface area (Å²) < 4.78 is 6.03. The van der Waals surface area contributed by atoms with Gasteiger partial charge in [0, 0.05) is 11.8 Å². The molecule has 2 rings (SSSR count). The van der Waals surface area contributed by atoms with Gasteiger partial charge in [0.05, 0.1) is 13.0 Å². The van der Waals surface area contributed by atoms with Gasteiger partial charge in [0.1, 0.15) is 24.1 Å². The number of aromatic nitrogens is 2. The van der Waals surface area contributed by atoms with Crippen molar-refractivity contribution in [3.8, 4) is 0 Å². The number of hydrogen-bond acceptors (Lipinski definition) is 8. The predicted octanol–water partition coefficient (Wildman–Crippen LogP) is -2.94. The number of nitrogens with zero attached hydrogens (tertiary/aromatic N) is 2. The highest BCUT2D eigenvalue weighted by atomic mass is 16.6. The Balaban J connectivity index is 2.40. The minimum atomic E-state index is -1.47. The molecule has 2 heterocycles. The number of aliphatic carboxylic acids is 1. The second kappa shape index (κ2) is 5.77. The van der Waals surface area contributed by atoms with Crippen LogP contribution >= 0.6 is 0 Å². The molecule has 0 aliphatic carbocycles. The van der Waals surface area contributed by atoms with Crippen molar-refractivity contribution in [3.05, 3.63) is 22.2 Å². The van der Waals surface area contributed by atoms with Gasteiger partial charge in [0.25, 0.3) is 0 Å². The second-order valence-corrected chi connectivity index (χ2v) is 4.64. The van der Waals surface area contributed by atoms with Crippen LogP contribution in [-0.4, -0.2) is 60.9 Å². The van der Waals surface area contributed by atoms with Crippen LogP contribution in [0.1, 0.15) is 11.8 Å². The standard InChI is InChI=1S/C11H15N3O7/c12-9-4(1-6(16)17)2-14(11(20)13-9)10-8(19)7(18)5(3-15)21-10/h2,5,7-8,10,15,18-19H,1,3H2,(H,16,17)(H2,12,13,20)/t5-,7-,8-,10-/m1/s1. The summed E-state index contributed by atoms with van der Waals surface area (Å²) in [4.78, 5) is 26.0. The quantitative estimate of drug-likeness (QED) is 0.390. The summed E-state index contributed by atoms with van der Waals surface area (Å²) in [6.45, 7) is -0.548. The molecule has 0 unspecified atom stereocenters. The molecule has 4 atom stereocenters. The van der Waals surface area contributed by atoms with Gasteiger partial charge in [-0.1, -0.05) is 0 Å². The molecular formula is C11H15N3O7. The first-order chi connectivity index (χ1) is 9.85. The molecule has 0 saturated carbocycles. The Kier molecular flexibility index (Phi) is 4.23. The van der Waals surface area contributed by atoms with Crippen molar-refractivity contribution < 1.29 is 30.0 Å². The monoisotopic (exact) mass is 301 g/mol. The van der Waals surface area contributed by atoms with Crippen molar-refractivity contribution in [1.82, 2.24) is 9.55 Å². The lowest BCUT2D eigenvalue weighted by Crippen LogP contribution is -2.36. The first kappa shape index (κ1) is 15.4. The lowest BCUT2D eigenvalue weighted by atomic mass is 10.1. The van der Waals surface area contributed by atoms with Gasteiger partial charge in [-0.15, -0.1) is 0 Å². The fourth-order valence-electron chi connectivity index (χ4n) is 2.11. The summed E-state index contributed by atoms with van der Waals surface area (Å²) in [5, 5.41) is 37.3. The molecule has 0 amide bonds. The van der Waals surface area contributed by atoms with Gasteiger partial charge in [-0.05, 0) is 0 Å². The summed E-state index contributed by atoms with van der Waals surface area (Å²) in [7, 11) is 0. The molecule has 0 aromatic carbocycles. The summed E-state index contributed by atoms with van der Waals surface area (Å²) in [5.41, 5.74) is 4.68. The van der Waals surface area contributed by atoms with Gasteiger partial charge in [-0.3, -0.25) is 9.36 Å². The van der Waals surface area contributed by atoms with Crippen LogP contribution in [-0.2, 0) is 16.0 Å². The van der Waals surface area contributed by atoms with Crippen LogP contribution in [0.3, 0.4) is 0 Å². The Hall–Kier alpha value is -2.01. The predicted molar refractivity (Wildman–Crippen MR) is 67.3 cm³/mol. The Morgan fingerprint density at radius 1 is 1.43 bits per heavy atom. The Bertz CT molecular complexity index is 602. The minimum Gasteiger partial charge on any atom is -0.481 e. The van der Waals surface area contributed by atoms with Crippen LogP contribution in [0.5, 0.6) is 0 Å². The van der Waals surface area contributed by atoms with E-state index in [1.54, 1.807) is 0 Å². The zero-order valence-electron chi connectivity index (χ0n) is 10.8. The van der Waals surface area contributed by atoms with Crippen molar-refractivity contribution >= 4 is 11.8 Å². The van der Waals surface area contributed by atoms with Gasteiger partial charge in [-0.25, -0.2) is 4.79 Å². The van der Waals surface area contributed by atoms with E-state index in [1.165, 1.54) is 0 Å². The molecule has 1 aromatic rings. The van der Waals surface area contributed by atoms with Gasteiger partial charge >= 0.3 is 11.7 Å². The highest BCUT2D eigenvalue weighted by molar-refractivity contribution is 5.71. The zero-order chi connectivity index (χ0) is 15.7. The second-order valence-electron chi connectivity index (χ2n) is 4.64. The minimum absolute atomic E-state index is 0.0693. The van der Waals surface area contributed by atoms with E-state index in [4.69, 9.17) is 20.7 Å². The number of carboxylic acid groups (broad SMARTS) is 1. The van der Waals surface area contributed by atoms with E-state index in [-0.39, 0.29) is 11.4 Å². The van der Waals surface area contributed by atoms with E-state index < -0.39 is 49.2 Å². The number of ether oxygens (including phenoxy) is 1. The van der Waals surface area contributed by atoms with Gasteiger partial charge in [0.2, 0.25) is 0 Å². The summed E-state index contributed by atoms with van der Waals surface area (Å²) in [6.07, 6.45) is -4.55. The maximum absolute atomic E-state index is 11.8. The van der Waals surface area contributed by atoms with Crippen LogP contribution in [0, 0.1) is 0 Å². The molecule has 1 aliphatic rings. The molecule has 1 aliphatic heterocycles. The molecule has 10 nitrogen and oxygen atoms in total. The molecule has 6 N–H and O–H groups in total. The van der Waals surface area contributed by atoms with Crippen LogP contribution in [0.25, 0.3) is 0 Å². The van der Waals surface area contributed by atoms with Crippen molar-refractivity contribution in [2.45, 2.75) is 31.0 Å². The van der Waals surface area contributed by atoms with E-state index in [9.17, 15) is 19.8 Å². The summed E-state index contributed by atoms with van der Waals surface area (Å²) in [6, 6.07) is 0. The van der Waals surface area contributed by atoms with Crippen molar-refractivity contribution in [2.75, 3.05) is 12.3 Å². The van der Waals surface area contributed by atoms with Gasteiger partial charge in [-0.2, -0.15) is 4.98 Å². The average Bonchev–Trinajstić information content (AvgIpc) is 2.69. The Morgan fingerprint density at radius 3 is 2.62 bits per heavy atom. The molecule has 10 heteroatoms. The number of nitrogens with two attached hydrogens (primary N) is 1.